The fraction of sp³-hybridized carbons (Fsp3) is 0.571. The molecule has 1 aromatic carbocycles. The van der Waals surface area contributed by atoms with E-state index in [0.717, 1.165) is 18.9 Å². The van der Waals surface area contributed by atoms with Crippen molar-refractivity contribution in [3.05, 3.63) is 35.1 Å². The summed E-state index contributed by atoms with van der Waals surface area (Å²) in [6, 6.07) is 1.67. The molecule has 20 heavy (non-hydrogen) atoms. The zero-order valence-electron chi connectivity index (χ0n) is 11.2. The van der Waals surface area contributed by atoms with Gasteiger partial charge in [-0.1, -0.05) is 25.3 Å². The van der Waals surface area contributed by atoms with Crippen molar-refractivity contribution in [2.45, 2.75) is 43.4 Å². The third-order valence-electron chi connectivity index (χ3n) is 3.69. The highest BCUT2D eigenvalue weighted by atomic mass is 32.2. The SMILES string of the molecule is NNC(CSC1CCCCC1)c1ccc(F)c(F)c1F. The van der Waals surface area contributed by atoms with Gasteiger partial charge in [-0.2, -0.15) is 11.8 Å². The smallest absolute Gasteiger partial charge is 0.194 e. The molecule has 0 saturated heterocycles. The maximum atomic E-state index is 13.7. The number of hydrogen-bond donors (Lipinski definition) is 2. The molecule has 1 fully saturated rings. The average molecular weight is 304 g/mol. The van der Waals surface area contributed by atoms with Crippen molar-refractivity contribution in [3.8, 4) is 0 Å². The number of hydrazine groups is 1. The number of nitrogens with two attached hydrogens (primary N) is 1. The van der Waals surface area contributed by atoms with Gasteiger partial charge in [0.15, 0.2) is 17.5 Å². The van der Waals surface area contributed by atoms with Crippen LogP contribution in [0.5, 0.6) is 0 Å². The number of benzene rings is 1. The van der Waals surface area contributed by atoms with Crippen LogP contribution in [0.25, 0.3) is 0 Å². The summed E-state index contributed by atoms with van der Waals surface area (Å²) >= 11 is 1.72. The lowest BCUT2D eigenvalue weighted by atomic mass is 10.0. The number of hydrogen-bond acceptors (Lipinski definition) is 3. The number of thioether (sulfide) groups is 1. The molecule has 1 aliphatic rings. The van der Waals surface area contributed by atoms with Gasteiger partial charge in [0.25, 0.3) is 0 Å². The Bertz CT molecular complexity index is 450. The quantitative estimate of drug-likeness (QED) is 0.495. The van der Waals surface area contributed by atoms with Crippen LogP contribution in [-0.2, 0) is 0 Å². The second-order valence-corrected chi connectivity index (χ2v) is 6.41. The Kier molecular flexibility index (Phi) is 5.74. The first kappa shape index (κ1) is 15.7. The molecule has 1 unspecified atom stereocenters. The van der Waals surface area contributed by atoms with E-state index in [1.165, 1.54) is 25.3 Å². The van der Waals surface area contributed by atoms with E-state index >= 15 is 0 Å². The molecule has 2 rings (SSSR count). The fourth-order valence-corrected chi connectivity index (χ4v) is 3.91. The first-order valence-electron chi connectivity index (χ1n) is 6.84. The van der Waals surface area contributed by atoms with Gasteiger partial charge < -0.3 is 0 Å². The zero-order valence-corrected chi connectivity index (χ0v) is 12.0. The second kappa shape index (κ2) is 7.33. The lowest BCUT2D eigenvalue weighted by Crippen LogP contribution is -2.31. The maximum absolute atomic E-state index is 13.7. The Morgan fingerprint density at radius 3 is 2.50 bits per heavy atom. The van der Waals surface area contributed by atoms with Gasteiger partial charge in [0.1, 0.15) is 0 Å². The normalized spacial score (nSPS) is 18.2. The molecule has 0 heterocycles. The van der Waals surface area contributed by atoms with Gasteiger partial charge in [0.05, 0.1) is 6.04 Å². The summed E-state index contributed by atoms with van der Waals surface area (Å²) in [5.41, 5.74) is 2.57. The number of nitrogens with one attached hydrogen (secondary N) is 1. The highest BCUT2D eigenvalue weighted by Crippen LogP contribution is 2.31. The minimum absolute atomic E-state index is 0.0784. The Morgan fingerprint density at radius 2 is 1.85 bits per heavy atom. The summed E-state index contributed by atoms with van der Waals surface area (Å²) in [5, 5.41) is 0.549. The van der Waals surface area contributed by atoms with Crippen LogP contribution in [0.15, 0.2) is 12.1 Å². The van der Waals surface area contributed by atoms with Gasteiger partial charge in [-0.05, 0) is 18.9 Å². The van der Waals surface area contributed by atoms with Crippen LogP contribution >= 0.6 is 11.8 Å². The average Bonchev–Trinajstić information content (AvgIpc) is 2.48. The van der Waals surface area contributed by atoms with Crippen LogP contribution in [0.1, 0.15) is 43.7 Å². The van der Waals surface area contributed by atoms with Crippen molar-refractivity contribution in [3.63, 3.8) is 0 Å². The Balaban J connectivity index is 2.02. The molecular formula is C14H19F3N2S. The van der Waals surface area contributed by atoms with E-state index < -0.39 is 23.5 Å². The predicted octanol–water partition coefficient (Wildman–Crippen LogP) is 3.67. The van der Waals surface area contributed by atoms with Crippen LogP contribution in [0.2, 0.25) is 0 Å². The molecule has 0 bridgehead atoms. The lowest BCUT2D eigenvalue weighted by molar-refractivity contribution is 0.431. The van der Waals surface area contributed by atoms with E-state index in [-0.39, 0.29) is 5.56 Å². The first-order chi connectivity index (χ1) is 9.63. The van der Waals surface area contributed by atoms with Crippen LogP contribution < -0.4 is 11.3 Å². The summed E-state index contributed by atoms with van der Waals surface area (Å²) in [6.45, 7) is 0. The van der Waals surface area contributed by atoms with Crippen LogP contribution in [0.4, 0.5) is 13.2 Å². The number of rotatable bonds is 5. The summed E-state index contributed by atoms with van der Waals surface area (Å²) in [7, 11) is 0. The standard InChI is InChI=1S/C14H19F3N2S/c15-11-7-6-10(13(16)14(11)17)12(19-18)8-20-9-4-2-1-3-5-9/h6-7,9,12,19H,1-5,8,18H2. The molecule has 0 aliphatic heterocycles. The third kappa shape index (κ3) is 3.68. The summed E-state index contributed by atoms with van der Waals surface area (Å²) in [4.78, 5) is 0. The lowest BCUT2D eigenvalue weighted by Gasteiger charge is -2.24. The largest absolute Gasteiger partial charge is 0.271 e. The second-order valence-electron chi connectivity index (χ2n) is 5.08. The highest BCUT2D eigenvalue weighted by Gasteiger charge is 2.22. The zero-order chi connectivity index (χ0) is 14.5. The van der Waals surface area contributed by atoms with E-state index in [4.69, 9.17) is 5.84 Å². The van der Waals surface area contributed by atoms with E-state index in [0.29, 0.717) is 11.0 Å². The van der Waals surface area contributed by atoms with E-state index in [1.54, 1.807) is 11.8 Å². The summed E-state index contributed by atoms with van der Waals surface area (Å²) in [5.74, 6) is 2.20. The van der Waals surface area contributed by atoms with Crippen LogP contribution in [0, 0.1) is 17.5 Å². The van der Waals surface area contributed by atoms with Crippen LogP contribution in [0.3, 0.4) is 0 Å². The molecule has 1 aromatic rings. The van der Waals surface area contributed by atoms with Gasteiger partial charge in [-0.3, -0.25) is 11.3 Å². The summed E-state index contributed by atoms with van der Waals surface area (Å²) < 4.78 is 39.9. The minimum atomic E-state index is -1.44. The van der Waals surface area contributed by atoms with Crippen molar-refractivity contribution in [2.75, 3.05) is 5.75 Å². The predicted molar refractivity (Wildman–Crippen MR) is 75.7 cm³/mol. The van der Waals surface area contributed by atoms with Crippen LogP contribution in [-0.4, -0.2) is 11.0 Å². The highest BCUT2D eigenvalue weighted by molar-refractivity contribution is 7.99. The maximum Gasteiger partial charge on any atom is 0.194 e. The molecule has 6 heteroatoms. The molecule has 3 N–H and O–H groups in total. The van der Waals surface area contributed by atoms with Gasteiger partial charge >= 0.3 is 0 Å². The number of halogens is 3. The molecule has 1 atom stereocenters. The Morgan fingerprint density at radius 1 is 1.15 bits per heavy atom. The Labute approximate surface area is 121 Å². The van der Waals surface area contributed by atoms with Crippen molar-refractivity contribution >= 4 is 11.8 Å². The first-order valence-corrected chi connectivity index (χ1v) is 7.89. The monoisotopic (exact) mass is 304 g/mol. The van der Waals surface area contributed by atoms with Crippen molar-refractivity contribution in [1.29, 1.82) is 0 Å². The molecule has 0 spiro atoms. The van der Waals surface area contributed by atoms with Crippen molar-refractivity contribution < 1.29 is 13.2 Å². The van der Waals surface area contributed by atoms with Crippen molar-refractivity contribution in [1.82, 2.24) is 5.43 Å². The molecular weight excluding hydrogens is 285 g/mol. The minimum Gasteiger partial charge on any atom is -0.271 e. The van der Waals surface area contributed by atoms with Gasteiger partial charge in [0, 0.05) is 16.6 Å². The fourth-order valence-electron chi connectivity index (χ4n) is 2.50. The molecule has 0 amide bonds. The molecule has 0 radical (unpaired) electrons. The summed E-state index contributed by atoms with van der Waals surface area (Å²) in [6.07, 6.45) is 6.02. The van der Waals surface area contributed by atoms with Crippen molar-refractivity contribution in [2.24, 2.45) is 5.84 Å². The Hall–Kier alpha value is -0.720. The molecule has 0 aromatic heterocycles. The van der Waals surface area contributed by atoms with Gasteiger partial charge in [-0.25, -0.2) is 13.2 Å². The molecule has 112 valence electrons. The van der Waals surface area contributed by atoms with E-state index in [9.17, 15) is 13.2 Å². The van der Waals surface area contributed by atoms with Gasteiger partial charge in [-0.15, -0.1) is 0 Å². The van der Waals surface area contributed by atoms with E-state index in [1.807, 2.05) is 0 Å². The van der Waals surface area contributed by atoms with Gasteiger partial charge in [0.2, 0.25) is 0 Å². The third-order valence-corrected chi connectivity index (χ3v) is 5.16. The molecule has 1 saturated carbocycles. The molecule has 1 aliphatic carbocycles. The van der Waals surface area contributed by atoms with E-state index in [2.05, 4.69) is 5.43 Å². The molecule has 2 nitrogen and oxygen atoms in total. The topological polar surface area (TPSA) is 38.0 Å².